The van der Waals surface area contributed by atoms with Crippen molar-refractivity contribution in [3.63, 3.8) is 0 Å². The molecule has 144 valence electrons. The van der Waals surface area contributed by atoms with Crippen LogP contribution in [0.2, 0.25) is 0 Å². The number of hydrogen-bond acceptors (Lipinski definition) is 3. The summed E-state index contributed by atoms with van der Waals surface area (Å²) in [5.74, 6) is 0.763. The van der Waals surface area contributed by atoms with Gasteiger partial charge in [-0.1, -0.05) is 39.0 Å². The molecule has 0 aliphatic heterocycles. The molecule has 3 N–H and O–H groups in total. The Bertz CT molecular complexity index is 654. The van der Waals surface area contributed by atoms with Crippen LogP contribution in [0, 0.1) is 24.7 Å². The van der Waals surface area contributed by atoms with Crippen LogP contribution in [-0.2, 0) is 4.79 Å². The molecule has 1 saturated carbocycles. The highest BCUT2D eigenvalue weighted by Gasteiger charge is 2.47. The number of nitrogens with one attached hydrogen (secondary N) is 2. The van der Waals surface area contributed by atoms with Gasteiger partial charge >= 0.3 is 6.09 Å². The molecule has 2 rings (SSSR count). The third kappa shape index (κ3) is 4.68. The number of carboxylic acid groups (broad SMARTS) is 1. The standard InChI is InChI=1S/C20H30N2O4/c1-13-7-6-8-14(2)16(13)26-17(21-12-23)20(5)10-15(22-18(24)25)9-19(3,4)11-20/h6-8,12,15,17,22H,9-11H2,1-5H3,(H,21,23)(H,24,25). The molecule has 3 unspecified atom stereocenters. The SMILES string of the molecule is Cc1cccc(C)c1OC(NC=O)C1(C)CC(NC(=O)O)CC(C)(C)C1. The lowest BCUT2D eigenvalue weighted by atomic mass is 9.61. The van der Waals surface area contributed by atoms with E-state index < -0.39 is 17.7 Å². The van der Waals surface area contributed by atoms with Crippen LogP contribution in [0.25, 0.3) is 0 Å². The maximum atomic E-state index is 11.3. The Morgan fingerprint density at radius 1 is 1.27 bits per heavy atom. The summed E-state index contributed by atoms with van der Waals surface area (Å²) in [7, 11) is 0. The molecule has 0 radical (unpaired) electrons. The van der Waals surface area contributed by atoms with Crippen molar-refractivity contribution in [3.05, 3.63) is 29.3 Å². The Hall–Kier alpha value is -2.24. The first-order chi connectivity index (χ1) is 12.1. The Morgan fingerprint density at radius 2 is 1.88 bits per heavy atom. The van der Waals surface area contributed by atoms with Gasteiger partial charge in [0.15, 0.2) is 6.23 Å². The van der Waals surface area contributed by atoms with Gasteiger partial charge in [-0.2, -0.15) is 0 Å². The number of para-hydroxylation sites is 1. The molecular weight excluding hydrogens is 332 g/mol. The summed E-state index contributed by atoms with van der Waals surface area (Å²) in [5.41, 5.74) is 1.51. The van der Waals surface area contributed by atoms with Gasteiger partial charge in [-0.15, -0.1) is 0 Å². The molecule has 1 fully saturated rings. The third-order valence-corrected chi connectivity index (χ3v) is 5.22. The van der Waals surface area contributed by atoms with Gasteiger partial charge < -0.3 is 20.5 Å². The first kappa shape index (κ1) is 20.1. The lowest BCUT2D eigenvalue weighted by Gasteiger charge is -2.49. The monoisotopic (exact) mass is 362 g/mol. The van der Waals surface area contributed by atoms with Crippen molar-refractivity contribution in [3.8, 4) is 5.75 Å². The van der Waals surface area contributed by atoms with Crippen molar-refractivity contribution < 1.29 is 19.4 Å². The molecule has 26 heavy (non-hydrogen) atoms. The number of rotatable bonds is 6. The highest BCUT2D eigenvalue weighted by molar-refractivity contribution is 5.64. The fourth-order valence-corrected chi connectivity index (χ4v) is 4.56. The van der Waals surface area contributed by atoms with Crippen molar-refractivity contribution in [1.82, 2.24) is 10.6 Å². The van der Waals surface area contributed by atoms with Gasteiger partial charge in [0.05, 0.1) is 0 Å². The van der Waals surface area contributed by atoms with Crippen LogP contribution < -0.4 is 15.4 Å². The molecule has 0 aromatic heterocycles. The first-order valence-electron chi connectivity index (χ1n) is 8.98. The summed E-state index contributed by atoms with van der Waals surface area (Å²) in [4.78, 5) is 22.4. The normalized spacial score (nSPS) is 25.8. The molecule has 0 saturated heterocycles. The molecule has 0 bridgehead atoms. The number of hydrogen-bond donors (Lipinski definition) is 3. The average molecular weight is 362 g/mol. The summed E-state index contributed by atoms with van der Waals surface area (Å²) in [6, 6.07) is 5.74. The van der Waals surface area contributed by atoms with Crippen LogP contribution >= 0.6 is 0 Å². The average Bonchev–Trinajstić information content (AvgIpc) is 2.47. The number of ether oxygens (including phenoxy) is 1. The smallest absolute Gasteiger partial charge is 0.404 e. The fourth-order valence-electron chi connectivity index (χ4n) is 4.56. The van der Waals surface area contributed by atoms with Gasteiger partial charge in [-0.3, -0.25) is 4.79 Å². The minimum atomic E-state index is -1.02. The summed E-state index contributed by atoms with van der Waals surface area (Å²) in [6.45, 7) is 10.2. The van der Waals surface area contributed by atoms with Crippen molar-refractivity contribution in [2.45, 2.75) is 66.2 Å². The van der Waals surface area contributed by atoms with Crippen LogP contribution in [0.1, 0.15) is 51.2 Å². The van der Waals surface area contributed by atoms with Gasteiger partial charge in [0.25, 0.3) is 0 Å². The minimum Gasteiger partial charge on any atom is -0.470 e. The number of benzene rings is 1. The van der Waals surface area contributed by atoms with E-state index in [-0.39, 0.29) is 11.5 Å². The Kier molecular flexibility index (Phi) is 5.84. The lowest BCUT2D eigenvalue weighted by Crippen LogP contribution is -2.56. The second-order valence-corrected chi connectivity index (χ2v) is 8.55. The molecule has 2 amide bonds. The number of carbonyl (C=O) groups is 2. The fraction of sp³-hybridized carbons (Fsp3) is 0.600. The molecule has 1 aliphatic rings. The van der Waals surface area contributed by atoms with Gasteiger partial charge in [-0.25, -0.2) is 4.79 Å². The number of amides is 2. The van der Waals surface area contributed by atoms with Crippen LogP contribution in [0.3, 0.4) is 0 Å². The van der Waals surface area contributed by atoms with Gasteiger partial charge in [0, 0.05) is 11.5 Å². The highest BCUT2D eigenvalue weighted by atomic mass is 16.5. The van der Waals surface area contributed by atoms with E-state index >= 15 is 0 Å². The Labute approximate surface area is 155 Å². The predicted octanol–water partition coefficient (Wildman–Crippen LogP) is 3.61. The van der Waals surface area contributed by atoms with Crippen LogP contribution in [-0.4, -0.2) is 29.9 Å². The van der Waals surface area contributed by atoms with Crippen LogP contribution in [0.4, 0.5) is 4.79 Å². The van der Waals surface area contributed by atoms with E-state index in [1.807, 2.05) is 32.0 Å². The zero-order valence-electron chi connectivity index (χ0n) is 16.3. The molecule has 1 aromatic rings. The van der Waals surface area contributed by atoms with E-state index in [0.717, 1.165) is 29.7 Å². The van der Waals surface area contributed by atoms with Crippen LogP contribution in [0.15, 0.2) is 18.2 Å². The lowest BCUT2D eigenvalue weighted by molar-refractivity contribution is -0.116. The van der Waals surface area contributed by atoms with Crippen LogP contribution in [0.5, 0.6) is 5.75 Å². The Morgan fingerprint density at radius 3 is 2.42 bits per heavy atom. The van der Waals surface area contributed by atoms with Gasteiger partial charge in [0.2, 0.25) is 6.41 Å². The van der Waals surface area contributed by atoms with Crippen molar-refractivity contribution in [1.29, 1.82) is 0 Å². The summed E-state index contributed by atoms with van der Waals surface area (Å²) < 4.78 is 6.29. The largest absolute Gasteiger partial charge is 0.470 e. The summed E-state index contributed by atoms with van der Waals surface area (Å²) in [6.07, 6.45) is 1.26. The molecule has 3 atom stereocenters. The molecule has 1 aromatic carbocycles. The maximum absolute atomic E-state index is 11.3. The maximum Gasteiger partial charge on any atom is 0.404 e. The van der Waals surface area contributed by atoms with E-state index in [0.29, 0.717) is 12.8 Å². The van der Waals surface area contributed by atoms with Gasteiger partial charge in [0.1, 0.15) is 5.75 Å². The number of carbonyl (C=O) groups excluding carboxylic acids is 1. The minimum absolute atomic E-state index is 0.0763. The van der Waals surface area contributed by atoms with E-state index in [2.05, 4.69) is 31.4 Å². The molecular formula is C20H30N2O4. The summed E-state index contributed by atoms with van der Waals surface area (Å²) >= 11 is 0. The highest BCUT2D eigenvalue weighted by Crippen LogP contribution is 2.48. The second-order valence-electron chi connectivity index (χ2n) is 8.55. The molecule has 0 spiro atoms. The quantitative estimate of drug-likeness (QED) is 0.533. The third-order valence-electron chi connectivity index (χ3n) is 5.22. The Balaban J connectivity index is 2.33. The van der Waals surface area contributed by atoms with E-state index in [1.54, 1.807) is 0 Å². The first-order valence-corrected chi connectivity index (χ1v) is 8.98. The molecule has 0 heterocycles. The summed E-state index contributed by atoms with van der Waals surface area (Å²) in [5, 5.41) is 14.6. The van der Waals surface area contributed by atoms with Gasteiger partial charge in [-0.05, 0) is 49.7 Å². The molecule has 1 aliphatic carbocycles. The van der Waals surface area contributed by atoms with E-state index in [9.17, 15) is 9.59 Å². The predicted molar refractivity (Wildman–Crippen MR) is 100 cm³/mol. The van der Waals surface area contributed by atoms with E-state index in [1.165, 1.54) is 0 Å². The van der Waals surface area contributed by atoms with Crippen molar-refractivity contribution in [2.75, 3.05) is 0 Å². The number of aryl methyl sites for hydroxylation is 2. The second kappa shape index (κ2) is 7.56. The topological polar surface area (TPSA) is 87.7 Å². The molecule has 6 heteroatoms. The van der Waals surface area contributed by atoms with Crippen molar-refractivity contribution >= 4 is 12.5 Å². The molecule has 6 nitrogen and oxygen atoms in total. The zero-order chi connectivity index (χ0) is 19.5. The van der Waals surface area contributed by atoms with E-state index in [4.69, 9.17) is 9.84 Å². The van der Waals surface area contributed by atoms with Crippen molar-refractivity contribution in [2.24, 2.45) is 10.8 Å². The zero-order valence-corrected chi connectivity index (χ0v) is 16.3.